The minimum atomic E-state index is 0.0574. The average Bonchev–Trinajstić information content (AvgIpc) is 3.15. The summed E-state index contributed by atoms with van der Waals surface area (Å²) in [5.74, 6) is 1.75. The highest BCUT2D eigenvalue weighted by molar-refractivity contribution is 5.78. The van der Waals surface area contributed by atoms with Crippen molar-refractivity contribution >= 4 is 17.6 Å². The van der Waals surface area contributed by atoms with E-state index in [1.54, 1.807) is 19.3 Å². The number of hydrogen-bond donors (Lipinski definition) is 1. The summed E-state index contributed by atoms with van der Waals surface area (Å²) in [6.45, 7) is 5.13. The maximum Gasteiger partial charge on any atom is 0.222 e. The van der Waals surface area contributed by atoms with E-state index in [1.165, 1.54) is 0 Å². The van der Waals surface area contributed by atoms with E-state index in [9.17, 15) is 9.59 Å². The first-order chi connectivity index (χ1) is 14.1. The zero-order valence-electron chi connectivity index (χ0n) is 16.7. The molecule has 2 amide bonds. The molecule has 8 heteroatoms. The third-order valence-electron chi connectivity index (χ3n) is 5.50. The standard InChI is InChI=1S/C21H26N6O2/c1-15(28)27-12-7-17-18(14-27)24-20(16-5-2-8-22-13-16)25-21(17)23-9-4-11-26-10-3-6-19(26)29/h2,5,8,13H,3-4,6-7,9-12,14H2,1H3,(H,23,24,25). The number of aromatic nitrogens is 3. The van der Waals surface area contributed by atoms with Crippen LogP contribution in [0.25, 0.3) is 11.4 Å². The van der Waals surface area contributed by atoms with E-state index in [0.29, 0.717) is 25.3 Å². The largest absolute Gasteiger partial charge is 0.370 e. The molecule has 0 bridgehead atoms. The molecular weight excluding hydrogens is 368 g/mol. The van der Waals surface area contributed by atoms with E-state index >= 15 is 0 Å². The fourth-order valence-corrected chi connectivity index (χ4v) is 3.89. The summed E-state index contributed by atoms with van der Waals surface area (Å²) in [4.78, 5) is 41.0. The first-order valence-corrected chi connectivity index (χ1v) is 10.2. The zero-order valence-corrected chi connectivity index (χ0v) is 16.7. The van der Waals surface area contributed by atoms with Crippen molar-refractivity contribution in [3.63, 3.8) is 0 Å². The van der Waals surface area contributed by atoms with Crippen molar-refractivity contribution in [2.24, 2.45) is 0 Å². The number of likely N-dealkylation sites (tertiary alicyclic amines) is 1. The van der Waals surface area contributed by atoms with Crippen LogP contribution >= 0.6 is 0 Å². The van der Waals surface area contributed by atoms with Crippen molar-refractivity contribution in [2.75, 3.05) is 31.5 Å². The van der Waals surface area contributed by atoms with Gasteiger partial charge in [-0.15, -0.1) is 0 Å². The number of carbonyl (C=O) groups excluding carboxylic acids is 2. The summed E-state index contributed by atoms with van der Waals surface area (Å²) >= 11 is 0. The van der Waals surface area contributed by atoms with Crippen LogP contribution < -0.4 is 5.32 Å². The van der Waals surface area contributed by atoms with E-state index in [0.717, 1.165) is 61.5 Å². The van der Waals surface area contributed by atoms with Crippen molar-refractivity contribution in [1.29, 1.82) is 0 Å². The van der Waals surface area contributed by atoms with Crippen LogP contribution in [0.5, 0.6) is 0 Å². The molecule has 1 N–H and O–H groups in total. The molecule has 0 spiro atoms. The fraction of sp³-hybridized carbons (Fsp3) is 0.476. The Morgan fingerprint density at radius 1 is 1.24 bits per heavy atom. The van der Waals surface area contributed by atoms with E-state index in [4.69, 9.17) is 9.97 Å². The van der Waals surface area contributed by atoms with Crippen molar-refractivity contribution < 1.29 is 9.59 Å². The first-order valence-electron chi connectivity index (χ1n) is 10.2. The van der Waals surface area contributed by atoms with Gasteiger partial charge in [-0.3, -0.25) is 14.6 Å². The average molecular weight is 394 g/mol. The van der Waals surface area contributed by atoms with Crippen LogP contribution in [0.2, 0.25) is 0 Å². The number of carbonyl (C=O) groups is 2. The van der Waals surface area contributed by atoms with Gasteiger partial charge < -0.3 is 15.1 Å². The molecule has 2 aromatic rings. The summed E-state index contributed by atoms with van der Waals surface area (Å²) < 4.78 is 0. The third kappa shape index (κ3) is 4.36. The van der Waals surface area contributed by atoms with Crippen LogP contribution in [0.15, 0.2) is 24.5 Å². The molecule has 4 rings (SSSR count). The minimum absolute atomic E-state index is 0.0574. The predicted molar refractivity (Wildman–Crippen MR) is 109 cm³/mol. The lowest BCUT2D eigenvalue weighted by Gasteiger charge is -2.28. The van der Waals surface area contributed by atoms with Gasteiger partial charge in [0.2, 0.25) is 11.8 Å². The number of nitrogens with zero attached hydrogens (tertiary/aromatic N) is 5. The second-order valence-corrected chi connectivity index (χ2v) is 7.52. The molecule has 1 saturated heterocycles. The molecular formula is C21H26N6O2. The van der Waals surface area contributed by atoms with Crippen LogP contribution in [0, 0.1) is 0 Å². The Labute approximate surface area is 170 Å². The molecule has 0 aliphatic carbocycles. The number of amides is 2. The summed E-state index contributed by atoms with van der Waals surface area (Å²) in [6.07, 6.45) is 6.70. The van der Waals surface area contributed by atoms with E-state index in [-0.39, 0.29) is 11.8 Å². The summed E-state index contributed by atoms with van der Waals surface area (Å²) in [6, 6.07) is 3.79. The van der Waals surface area contributed by atoms with Gasteiger partial charge in [-0.2, -0.15) is 0 Å². The van der Waals surface area contributed by atoms with Gasteiger partial charge in [0.1, 0.15) is 5.82 Å². The van der Waals surface area contributed by atoms with Gasteiger partial charge in [-0.25, -0.2) is 9.97 Å². The highest BCUT2D eigenvalue weighted by atomic mass is 16.2. The maximum absolute atomic E-state index is 11.8. The number of nitrogens with one attached hydrogen (secondary N) is 1. The van der Waals surface area contributed by atoms with Crippen molar-refractivity contribution in [2.45, 2.75) is 39.2 Å². The molecule has 29 heavy (non-hydrogen) atoms. The molecule has 2 aromatic heterocycles. The number of hydrogen-bond acceptors (Lipinski definition) is 6. The molecule has 0 aromatic carbocycles. The van der Waals surface area contributed by atoms with Crippen molar-refractivity contribution in [3.8, 4) is 11.4 Å². The van der Waals surface area contributed by atoms with Gasteiger partial charge in [0.05, 0.1) is 12.2 Å². The lowest BCUT2D eigenvalue weighted by molar-refractivity contribution is -0.130. The molecule has 2 aliphatic rings. The molecule has 2 aliphatic heterocycles. The zero-order chi connectivity index (χ0) is 20.2. The minimum Gasteiger partial charge on any atom is -0.370 e. The highest BCUT2D eigenvalue weighted by Gasteiger charge is 2.24. The molecule has 0 unspecified atom stereocenters. The number of anilines is 1. The fourth-order valence-electron chi connectivity index (χ4n) is 3.89. The monoisotopic (exact) mass is 394 g/mol. The normalized spacial score (nSPS) is 16.1. The quantitative estimate of drug-likeness (QED) is 0.752. The molecule has 0 atom stereocenters. The van der Waals surface area contributed by atoms with Gasteiger partial charge >= 0.3 is 0 Å². The predicted octanol–water partition coefficient (Wildman–Crippen LogP) is 1.87. The molecule has 1 fully saturated rings. The Bertz CT molecular complexity index is 902. The Hall–Kier alpha value is -3.03. The lowest BCUT2D eigenvalue weighted by atomic mass is 10.0. The Balaban J connectivity index is 1.52. The number of pyridine rings is 1. The van der Waals surface area contributed by atoms with Gasteiger partial charge in [0, 0.05) is 63.0 Å². The van der Waals surface area contributed by atoms with E-state index in [1.807, 2.05) is 21.9 Å². The van der Waals surface area contributed by atoms with Crippen LogP contribution in [0.4, 0.5) is 5.82 Å². The Morgan fingerprint density at radius 2 is 2.14 bits per heavy atom. The van der Waals surface area contributed by atoms with Gasteiger partial charge in [-0.05, 0) is 31.4 Å². The molecule has 0 saturated carbocycles. The summed E-state index contributed by atoms with van der Waals surface area (Å²) in [5.41, 5.74) is 2.81. The second-order valence-electron chi connectivity index (χ2n) is 7.52. The lowest BCUT2D eigenvalue weighted by Crippen LogP contribution is -2.35. The topological polar surface area (TPSA) is 91.3 Å². The Kier molecular flexibility index (Phi) is 5.69. The number of fused-ring (bicyclic) bond motifs is 1. The SMILES string of the molecule is CC(=O)N1CCc2c(nc(-c3cccnc3)nc2NCCCN2CCCC2=O)C1. The summed E-state index contributed by atoms with van der Waals surface area (Å²) in [5, 5.41) is 3.45. The first kappa shape index (κ1) is 19.3. The molecule has 152 valence electrons. The van der Waals surface area contributed by atoms with Crippen LogP contribution in [0.1, 0.15) is 37.4 Å². The van der Waals surface area contributed by atoms with Crippen LogP contribution in [0.3, 0.4) is 0 Å². The van der Waals surface area contributed by atoms with Crippen molar-refractivity contribution in [1.82, 2.24) is 24.8 Å². The highest BCUT2D eigenvalue weighted by Crippen LogP contribution is 2.27. The van der Waals surface area contributed by atoms with Crippen LogP contribution in [-0.2, 0) is 22.6 Å². The smallest absolute Gasteiger partial charge is 0.222 e. The van der Waals surface area contributed by atoms with Gasteiger partial charge in [0.15, 0.2) is 5.82 Å². The van der Waals surface area contributed by atoms with Gasteiger partial charge in [-0.1, -0.05) is 0 Å². The summed E-state index contributed by atoms with van der Waals surface area (Å²) in [7, 11) is 0. The van der Waals surface area contributed by atoms with Crippen molar-refractivity contribution in [3.05, 3.63) is 35.8 Å². The molecule has 0 radical (unpaired) electrons. The molecule has 4 heterocycles. The second kappa shape index (κ2) is 8.55. The van der Waals surface area contributed by atoms with E-state index < -0.39 is 0 Å². The number of rotatable bonds is 6. The van der Waals surface area contributed by atoms with Crippen LogP contribution in [-0.4, -0.2) is 62.7 Å². The Morgan fingerprint density at radius 3 is 2.86 bits per heavy atom. The third-order valence-corrected chi connectivity index (χ3v) is 5.50. The maximum atomic E-state index is 11.8. The molecule has 8 nitrogen and oxygen atoms in total. The van der Waals surface area contributed by atoms with Gasteiger partial charge in [0.25, 0.3) is 0 Å². The van der Waals surface area contributed by atoms with E-state index in [2.05, 4.69) is 10.3 Å².